The fourth-order valence-electron chi connectivity index (χ4n) is 2.79. The molecule has 6 nitrogen and oxygen atoms in total. The van der Waals surface area contributed by atoms with Crippen LogP contribution in [-0.2, 0) is 7.05 Å². The van der Waals surface area contributed by atoms with Gasteiger partial charge < -0.3 is 15.4 Å². The maximum absolute atomic E-state index is 14.1. The van der Waals surface area contributed by atoms with E-state index in [1.165, 1.54) is 12.1 Å². The monoisotopic (exact) mass is 348 g/mol. The summed E-state index contributed by atoms with van der Waals surface area (Å²) in [7, 11) is 1.86. The number of nitrogens with zero attached hydrogens (tertiary/aromatic N) is 2. The number of amides is 2. The van der Waals surface area contributed by atoms with Crippen LogP contribution in [0, 0.1) is 19.7 Å². The summed E-state index contributed by atoms with van der Waals surface area (Å²) in [5.74, 6) is -0.122. The number of halogens is 1. The summed E-state index contributed by atoms with van der Waals surface area (Å²) in [6.07, 6.45) is -0.0479. The molecule has 1 aromatic heterocycles. The van der Waals surface area contributed by atoms with E-state index in [2.05, 4.69) is 15.7 Å². The van der Waals surface area contributed by atoms with Crippen LogP contribution in [0.2, 0.25) is 0 Å². The molecule has 0 fully saturated rings. The van der Waals surface area contributed by atoms with Crippen LogP contribution in [0.4, 0.5) is 14.9 Å². The molecular formula is C18H25FN4O2. The summed E-state index contributed by atoms with van der Waals surface area (Å²) in [5, 5.41) is 9.68. The zero-order valence-electron chi connectivity index (χ0n) is 15.5. The number of benzene rings is 1. The first kappa shape index (κ1) is 18.8. The fraction of sp³-hybridized carbons (Fsp3) is 0.444. The SMILES string of the molecule is Cc1nn(C)c(C)c1[C@@H](C)NC(=O)Nc1ccc(OC(C)C)cc1F. The molecule has 0 bridgehead atoms. The Kier molecular flexibility index (Phi) is 5.66. The smallest absolute Gasteiger partial charge is 0.319 e. The van der Waals surface area contributed by atoms with E-state index in [1.54, 1.807) is 10.7 Å². The largest absolute Gasteiger partial charge is 0.491 e. The fourth-order valence-corrected chi connectivity index (χ4v) is 2.79. The second kappa shape index (κ2) is 7.55. The average Bonchev–Trinajstić information content (AvgIpc) is 2.74. The van der Waals surface area contributed by atoms with Gasteiger partial charge in [0.15, 0.2) is 0 Å². The van der Waals surface area contributed by atoms with Gasteiger partial charge >= 0.3 is 6.03 Å². The van der Waals surface area contributed by atoms with Crippen molar-refractivity contribution in [3.8, 4) is 5.75 Å². The molecule has 2 aromatic rings. The molecule has 1 atom stereocenters. The van der Waals surface area contributed by atoms with E-state index in [-0.39, 0.29) is 17.8 Å². The maximum atomic E-state index is 14.1. The number of aromatic nitrogens is 2. The summed E-state index contributed by atoms with van der Waals surface area (Å²) < 4.78 is 21.3. The van der Waals surface area contributed by atoms with E-state index in [0.29, 0.717) is 5.75 Å². The molecule has 2 amide bonds. The summed E-state index contributed by atoms with van der Waals surface area (Å²) in [6, 6.07) is 3.64. The number of ether oxygens (including phenoxy) is 1. The first-order valence-corrected chi connectivity index (χ1v) is 8.22. The molecule has 1 aromatic carbocycles. The first-order valence-electron chi connectivity index (χ1n) is 8.22. The van der Waals surface area contributed by atoms with Crippen molar-refractivity contribution < 1.29 is 13.9 Å². The second-order valence-electron chi connectivity index (χ2n) is 6.34. The lowest BCUT2D eigenvalue weighted by Crippen LogP contribution is -2.32. The Morgan fingerprint density at radius 1 is 1.28 bits per heavy atom. The van der Waals surface area contributed by atoms with Crippen LogP contribution < -0.4 is 15.4 Å². The lowest BCUT2D eigenvalue weighted by molar-refractivity contribution is 0.241. The molecule has 0 radical (unpaired) electrons. The van der Waals surface area contributed by atoms with Crippen molar-refractivity contribution in [1.29, 1.82) is 0 Å². The van der Waals surface area contributed by atoms with Crippen LogP contribution in [-0.4, -0.2) is 21.9 Å². The van der Waals surface area contributed by atoms with Crippen molar-refractivity contribution in [3.05, 3.63) is 41.0 Å². The topological polar surface area (TPSA) is 68.2 Å². The number of hydrogen-bond donors (Lipinski definition) is 2. The molecule has 7 heteroatoms. The molecule has 0 spiro atoms. The van der Waals surface area contributed by atoms with Gasteiger partial charge in [0.05, 0.1) is 23.5 Å². The molecule has 136 valence electrons. The van der Waals surface area contributed by atoms with Gasteiger partial charge in [0.1, 0.15) is 11.6 Å². The highest BCUT2D eigenvalue weighted by molar-refractivity contribution is 5.89. The standard InChI is InChI=1S/C18H25FN4O2/c1-10(2)25-14-7-8-16(15(19)9-14)21-18(24)20-11(3)17-12(4)22-23(6)13(17)5/h7-11H,1-6H3,(H2,20,21,24)/t11-/m1/s1. The number of carbonyl (C=O) groups is 1. The van der Waals surface area contributed by atoms with E-state index < -0.39 is 11.8 Å². The minimum atomic E-state index is -0.547. The third-order valence-electron chi connectivity index (χ3n) is 3.91. The Morgan fingerprint density at radius 3 is 2.48 bits per heavy atom. The number of aryl methyl sites for hydroxylation is 2. The van der Waals surface area contributed by atoms with Crippen LogP contribution >= 0.6 is 0 Å². The van der Waals surface area contributed by atoms with Gasteiger partial charge in [-0.2, -0.15) is 5.10 Å². The minimum Gasteiger partial charge on any atom is -0.491 e. The lowest BCUT2D eigenvalue weighted by atomic mass is 10.1. The van der Waals surface area contributed by atoms with Gasteiger partial charge in [-0.15, -0.1) is 0 Å². The van der Waals surface area contributed by atoms with Crippen molar-refractivity contribution in [2.24, 2.45) is 7.05 Å². The molecular weight excluding hydrogens is 323 g/mol. The third-order valence-corrected chi connectivity index (χ3v) is 3.91. The molecule has 1 heterocycles. The van der Waals surface area contributed by atoms with Crippen LogP contribution in [0.25, 0.3) is 0 Å². The van der Waals surface area contributed by atoms with Crippen LogP contribution in [0.15, 0.2) is 18.2 Å². The van der Waals surface area contributed by atoms with Crippen LogP contribution in [0.3, 0.4) is 0 Å². The van der Waals surface area contributed by atoms with E-state index in [1.807, 2.05) is 41.7 Å². The van der Waals surface area contributed by atoms with Crippen LogP contribution in [0.5, 0.6) is 5.75 Å². The normalized spacial score (nSPS) is 12.2. The lowest BCUT2D eigenvalue weighted by Gasteiger charge is -2.16. The number of anilines is 1. The number of rotatable bonds is 5. The average molecular weight is 348 g/mol. The summed E-state index contributed by atoms with van der Waals surface area (Å²) in [6.45, 7) is 9.43. The molecule has 0 aliphatic heterocycles. The molecule has 0 saturated carbocycles. The zero-order valence-corrected chi connectivity index (χ0v) is 15.5. The Morgan fingerprint density at radius 2 is 1.96 bits per heavy atom. The minimum absolute atomic E-state index is 0.0479. The molecule has 0 unspecified atom stereocenters. The van der Waals surface area contributed by atoms with E-state index in [4.69, 9.17) is 4.74 Å². The van der Waals surface area contributed by atoms with Crippen molar-refractivity contribution in [1.82, 2.24) is 15.1 Å². The van der Waals surface area contributed by atoms with Gasteiger partial charge in [-0.25, -0.2) is 9.18 Å². The van der Waals surface area contributed by atoms with E-state index in [0.717, 1.165) is 17.0 Å². The predicted octanol–water partition coefficient (Wildman–Crippen LogP) is 3.85. The molecule has 0 saturated heterocycles. The van der Waals surface area contributed by atoms with Gasteiger partial charge in [0.2, 0.25) is 0 Å². The quantitative estimate of drug-likeness (QED) is 0.862. The zero-order chi connectivity index (χ0) is 18.7. The van der Waals surface area contributed by atoms with E-state index >= 15 is 0 Å². The van der Waals surface area contributed by atoms with Gasteiger partial charge in [0.25, 0.3) is 0 Å². The molecule has 2 N–H and O–H groups in total. The predicted molar refractivity (Wildman–Crippen MR) is 95.4 cm³/mol. The van der Waals surface area contributed by atoms with E-state index in [9.17, 15) is 9.18 Å². The third kappa shape index (κ3) is 4.49. The van der Waals surface area contributed by atoms with Crippen molar-refractivity contribution >= 4 is 11.7 Å². The number of nitrogens with one attached hydrogen (secondary N) is 2. The summed E-state index contributed by atoms with van der Waals surface area (Å²) in [4.78, 5) is 12.2. The highest BCUT2D eigenvalue weighted by Crippen LogP contribution is 2.23. The number of carbonyl (C=O) groups excluding carboxylic acids is 1. The van der Waals surface area contributed by atoms with Crippen molar-refractivity contribution in [2.45, 2.75) is 46.8 Å². The Hall–Kier alpha value is -2.57. The number of hydrogen-bond acceptors (Lipinski definition) is 3. The van der Waals surface area contributed by atoms with Gasteiger partial charge in [-0.1, -0.05) is 0 Å². The van der Waals surface area contributed by atoms with Crippen LogP contribution in [0.1, 0.15) is 43.8 Å². The number of urea groups is 1. The molecule has 2 rings (SSSR count). The Labute approximate surface area is 147 Å². The highest BCUT2D eigenvalue weighted by Gasteiger charge is 2.18. The Bertz CT molecular complexity index is 771. The molecule has 0 aliphatic rings. The summed E-state index contributed by atoms with van der Waals surface area (Å²) >= 11 is 0. The maximum Gasteiger partial charge on any atom is 0.319 e. The van der Waals surface area contributed by atoms with Crippen molar-refractivity contribution in [2.75, 3.05) is 5.32 Å². The van der Waals surface area contributed by atoms with Gasteiger partial charge in [-0.3, -0.25) is 4.68 Å². The first-order chi connectivity index (χ1) is 11.7. The molecule has 0 aliphatic carbocycles. The highest BCUT2D eigenvalue weighted by atomic mass is 19.1. The van der Waals surface area contributed by atoms with Crippen molar-refractivity contribution in [3.63, 3.8) is 0 Å². The molecule has 25 heavy (non-hydrogen) atoms. The Balaban J connectivity index is 2.05. The van der Waals surface area contributed by atoms with Gasteiger partial charge in [-0.05, 0) is 46.8 Å². The second-order valence-corrected chi connectivity index (χ2v) is 6.34. The van der Waals surface area contributed by atoms with Gasteiger partial charge in [0, 0.05) is 24.4 Å². The summed E-state index contributed by atoms with van der Waals surface area (Å²) in [5.41, 5.74) is 2.89.